The fourth-order valence-electron chi connectivity index (χ4n) is 2.02. The van der Waals surface area contributed by atoms with Gasteiger partial charge in [0.2, 0.25) is 0 Å². The lowest BCUT2D eigenvalue weighted by Gasteiger charge is -2.25. The molecule has 1 aromatic heterocycles. The molecule has 0 unspecified atom stereocenters. The van der Waals surface area contributed by atoms with Crippen molar-refractivity contribution in [2.24, 2.45) is 5.41 Å². The van der Waals surface area contributed by atoms with E-state index < -0.39 is 16.7 Å². The highest BCUT2D eigenvalue weighted by Gasteiger charge is 2.28. The Hall–Kier alpha value is -2.42. The number of aromatic nitrogens is 3. The molecule has 0 bridgehead atoms. The molecular formula is C13H14N4O2. The number of allylic oxidation sites excluding steroid dienone is 4. The Morgan fingerprint density at radius 1 is 1.37 bits per heavy atom. The van der Waals surface area contributed by atoms with E-state index in [1.807, 2.05) is 12.2 Å². The van der Waals surface area contributed by atoms with Crippen molar-refractivity contribution in [1.29, 1.82) is 5.26 Å². The van der Waals surface area contributed by atoms with Gasteiger partial charge in [0.05, 0.1) is 17.2 Å². The Balaban J connectivity index is 2.58. The maximum absolute atomic E-state index is 11.8. The fraction of sp³-hybridized carbons (Fsp3) is 0.385. The van der Waals surface area contributed by atoms with E-state index in [0.717, 1.165) is 29.3 Å². The Kier molecular flexibility index (Phi) is 3.21. The molecule has 6 nitrogen and oxygen atoms in total. The normalized spacial score (nSPS) is 15.4. The molecule has 98 valence electrons. The number of nitriles is 1. The molecule has 1 aliphatic carbocycles. The van der Waals surface area contributed by atoms with E-state index in [4.69, 9.17) is 0 Å². The molecule has 19 heavy (non-hydrogen) atoms. The molecular weight excluding hydrogens is 244 g/mol. The van der Waals surface area contributed by atoms with Gasteiger partial charge in [-0.05, 0) is 32.3 Å². The molecule has 1 heterocycles. The first kappa shape index (κ1) is 13.0. The van der Waals surface area contributed by atoms with Gasteiger partial charge < -0.3 is 0 Å². The maximum Gasteiger partial charge on any atom is 0.349 e. The van der Waals surface area contributed by atoms with Crippen LogP contribution in [0, 0.1) is 16.7 Å². The van der Waals surface area contributed by atoms with Crippen molar-refractivity contribution in [1.82, 2.24) is 14.8 Å². The van der Waals surface area contributed by atoms with Crippen LogP contribution in [-0.4, -0.2) is 14.8 Å². The van der Waals surface area contributed by atoms with Gasteiger partial charge in [-0.1, -0.05) is 12.2 Å². The third-order valence-corrected chi connectivity index (χ3v) is 3.02. The molecule has 0 saturated heterocycles. The molecule has 1 aromatic rings. The molecule has 2 rings (SSSR count). The Morgan fingerprint density at radius 2 is 2.05 bits per heavy atom. The van der Waals surface area contributed by atoms with Crippen LogP contribution in [0.4, 0.5) is 0 Å². The van der Waals surface area contributed by atoms with Crippen LogP contribution < -0.4 is 11.2 Å². The summed E-state index contributed by atoms with van der Waals surface area (Å²) in [5, 5.41) is 13.1. The zero-order valence-electron chi connectivity index (χ0n) is 10.8. The second-order valence-electron chi connectivity index (χ2n) is 4.87. The van der Waals surface area contributed by atoms with E-state index >= 15 is 0 Å². The van der Waals surface area contributed by atoms with Crippen LogP contribution in [0.25, 0.3) is 5.70 Å². The minimum absolute atomic E-state index is 0.539. The predicted octanol–water partition coefficient (Wildman–Crippen LogP) is 1.04. The average molecular weight is 258 g/mol. The third-order valence-electron chi connectivity index (χ3n) is 3.02. The smallest absolute Gasteiger partial charge is 0.271 e. The van der Waals surface area contributed by atoms with Gasteiger partial charge in [-0.2, -0.15) is 15.0 Å². The third kappa shape index (κ3) is 2.40. The molecule has 0 saturated carbocycles. The molecule has 1 aliphatic rings. The summed E-state index contributed by atoms with van der Waals surface area (Å²) < 4.78 is 1.13. The number of nitrogens with zero attached hydrogens (tertiary/aromatic N) is 3. The predicted molar refractivity (Wildman–Crippen MR) is 70.1 cm³/mol. The van der Waals surface area contributed by atoms with Gasteiger partial charge in [0, 0.05) is 0 Å². The van der Waals surface area contributed by atoms with Crippen LogP contribution in [0.3, 0.4) is 0 Å². The highest BCUT2D eigenvalue weighted by atomic mass is 16.2. The molecule has 6 heteroatoms. The summed E-state index contributed by atoms with van der Waals surface area (Å²) in [5.41, 5.74) is -0.534. The second kappa shape index (κ2) is 4.69. The number of hydrogen-bond acceptors (Lipinski definition) is 4. The molecule has 0 amide bonds. The summed E-state index contributed by atoms with van der Waals surface area (Å²) in [6.07, 6.45) is 6.45. The molecule has 0 aromatic carbocycles. The molecule has 0 fully saturated rings. The van der Waals surface area contributed by atoms with Gasteiger partial charge in [0.25, 0.3) is 5.56 Å². The summed E-state index contributed by atoms with van der Waals surface area (Å²) in [4.78, 5) is 25.0. The first-order valence-electron chi connectivity index (χ1n) is 5.97. The molecule has 0 radical (unpaired) electrons. The van der Waals surface area contributed by atoms with Gasteiger partial charge in [-0.25, -0.2) is 4.79 Å². The van der Waals surface area contributed by atoms with E-state index in [2.05, 4.69) is 16.2 Å². The number of H-pyrrole nitrogens is 1. The quantitative estimate of drug-likeness (QED) is 0.858. The largest absolute Gasteiger partial charge is 0.349 e. The standard InChI is InChI=1S/C13H14N4O2/c1-13(2,8-14)9-5-3-4-6-10(9)17-12(19)16-11(18)7-15-17/h5-7H,3-4H2,1-2H3,(H,16,18,19). The molecule has 0 aliphatic heterocycles. The van der Waals surface area contributed by atoms with Gasteiger partial charge in [0.1, 0.15) is 6.20 Å². The minimum atomic E-state index is -0.719. The van der Waals surface area contributed by atoms with E-state index in [0.29, 0.717) is 5.70 Å². The number of rotatable bonds is 2. The van der Waals surface area contributed by atoms with E-state index in [1.54, 1.807) is 13.8 Å². The Labute approximate surface area is 109 Å². The van der Waals surface area contributed by atoms with Crippen molar-refractivity contribution in [2.45, 2.75) is 26.7 Å². The van der Waals surface area contributed by atoms with Crippen LogP contribution in [0.2, 0.25) is 0 Å². The van der Waals surface area contributed by atoms with Crippen LogP contribution in [0.15, 0.2) is 33.5 Å². The van der Waals surface area contributed by atoms with Crippen LogP contribution >= 0.6 is 0 Å². The number of aromatic amines is 1. The zero-order chi connectivity index (χ0) is 14.0. The Morgan fingerprint density at radius 3 is 2.68 bits per heavy atom. The lowest BCUT2D eigenvalue weighted by Crippen LogP contribution is -2.33. The van der Waals surface area contributed by atoms with Crippen molar-refractivity contribution in [3.63, 3.8) is 0 Å². The lowest BCUT2D eigenvalue weighted by atomic mass is 9.81. The van der Waals surface area contributed by atoms with Crippen LogP contribution in [0.1, 0.15) is 26.7 Å². The van der Waals surface area contributed by atoms with Gasteiger partial charge in [-0.3, -0.25) is 9.78 Å². The van der Waals surface area contributed by atoms with Crippen LogP contribution in [0.5, 0.6) is 0 Å². The number of hydrogen-bond donors (Lipinski definition) is 1. The second-order valence-corrected chi connectivity index (χ2v) is 4.87. The zero-order valence-corrected chi connectivity index (χ0v) is 10.8. The SMILES string of the molecule is CC(C)(C#N)C1=CCCC=C1n1ncc(=O)[nH]c1=O. The van der Waals surface area contributed by atoms with Crippen molar-refractivity contribution in [3.05, 3.63) is 44.8 Å². The van der Waals surface area contributed by atoms with Gasteiger partial charge in [0.15, 0.2) is 0 Å². The monoisotopic (exact) mass is 258 g/mol. The fourth-order valence-corrected chi connectivity index (χ4v) is 2.02. The van der Waals surface area contributed by atoms with E-state index in [-0.39, 0.29) is 0 Å². The topological polar surface area (TPSA) is 91.5 Å². The van der Waals surface area contributed by atoms with Gasteiger partial charge >= 0.3 is 5.69 Å². The van der Waals surface area contributed by atoms with Crippen LogP contribution in [-0.2, 0) is 0 Å². The minimum Gasteiger partial charge on any atom is -0.271 e. The molecule has 0 atom stereocenters. The van der Waals surface area contributed by atoms with E-state index in [9.17, 15) is 14.9 Å². The lowest BCUT2D eigenvalue weighted by molar-refractivity contribution is 0.593. The number of nitrogens with one attached hydrogen (secondary N) is 1. The average Bonchev–Trinajstić information content (AvgIpc) is 2.39. The first-order chi connectivity index (χ1) is 8.95. The summed E-state index contributed by atoms with van der Waals surface area (Å²) >= 11 is 0. The van der Waals surface area contributed by atoms with E-state index in [1.165, 1.54) is 0 Å². The summed E-state index contributed by atoms with van der Waals surface area (Å²) in [7, 11) is 0. The summed E-state index contributed by atoms with van der Waals surface area (Å²) in [6.45, 7) is 3.57. The summed E-state index contributed by atoms with van der Waals surface area (Å²) in [6, 6.07) is 2.22. The Bertz CT molecular complexity index is 713. The summed E-state index contributed by atoms with van der Waals surface area (Å²) in [5.74, 6) is 0. The molecule has 1 N–H and O–H groups in total. The van der Waals surface area contributed by atoms with Crippen molar-refractivity contribution in [3.8, 4) is 6.07 Å². The van der Waals surface area contributed by atoms with Crippen molar-refractivity contribution in [2.75, 3.05) is 0 Å². The van der Waals surface area contributed by atoms with Crippen molar-refractivity contribution < 1.29 is 0 Å². The maximum atomic E-state index is 11.8. The van der Waals surface area contributed by atoms with Gasteiger partial charge in [-0.15, -0.1) is 0 Å². The highest BCUT2D eigenvalue weighted by Crippen LogP contribution is 2.35. The molecule has 0 spiro atoms. The highest BCUT2D eigenvalue weighted by molar-refractivity contribution is 5.68. The van der Waals surface area contributed by atoms with Crippen molar-refractivity contribution >= 4 is 5.70 Å². The first-order valence-corrected chi connectivity index (χ1v) is 5.97.